The lowest BCUT2D eigenvalue weighted by Crippen LogP contribution is -2.31. The maximum atomic E-state index is 13.0. The predicted octanol–water partition coefficient (Wildman–Crippen LogP) is 4.36. The van der Waals surface area contributed by atoms with Gasteiger partial charge in [-0.25, -0.2) is 8.42 Å². The largest absolute Gasteiger partial charge is 0.289 e. The third-order valence-electron chi connectivity index (χ3n) is 4.72. The molecule has 0 amide bonds. The lowest BCUT2D eigenvalue weighted by Gasteiger charge is -2.21. The van der Waals surface area contributed by atoms with Crippen LogP contribution in [0.15, 0.2) is 95.9 Å². The van der Waals surface area contributed by atoms with Gasteiger partial charge in [-0.1, -0.05) is 66.7 Å². The third kappa shape index (κ3) is 5.11. The quantitative estimate of drug-likeness (QED) is 0.244. The van der Waals surface area contributed by atoms with Gasteiger partial charge in [-0.15, -0.1) is 0 Å². The number of carbonyl (C=O) groups is 1. The molecule has 1 atom stereocenters. The molecule has 0 saturated carbocycles. The number of nitro benzene ring substituents is 1. The van der Waals surface area contributed by atoms with Gasteiger partial charge in [0.05, 0.1) is 15.9 Å². The van der Waals surface area contributed by atoms with E-state index in [4.69, 9.17) is 0 Å². The molecule has 31 heavy (non-hydrogen) atoms. The molecule has 0 aromatic heterocycles. The van der Waals surface area contributed by atoms with Crippen LogP contribution < -0.4 is 4.72 Å². The summed E-state index contributed by atoms with van der Waals surface area (Å²) in [6.07, 6.45) is 0. The molecular weight excluding hydrogens is 416 g/mol. The molecule has 0 unspecified atom stereocenters. The molecule has 0 saturated heterocycles. The lowest BCUT2D eigenvalue weighted by atomic mass is 9.94. The lowest BCUT2D eigenvalue weighted by molar-refractivity contribution is -0.384. The van der Waals surface area contributed by atoms with Crippen LogP contribution in [0, 0.1) is 17.0 Å². The molecule has 0 bridgehead atoms. The molecule has 0 aliphatic rings. The van der Waals surface area contributed by atoms with E-state index in [0.717, 1.165) is 5.56 Å². The van der Waals surface area contributed by atoms with Crippen LogP contribution in [0.3, 0.4) is 0 Å². The maximum Gasteiger partial charge on any atom is 0.269 e. The Balaban J connectivity index is 2.01. The first-order valence-corrected chi connectivity index (χ1v) is 10.8. The highest BCUT2D eigenvalue weighted by molar-refractivity contribution is 7.89. The Kier molecular flexibility index (Phi) is 6.43. The van der Waals surface area contributed by atoms with Crippen molar-refractivity contribution >= 4 is 21.5 Å². The van der Waals surface area contributed by atoms with Gasteiger partial charge in [-0.05, 0) is 24.6 Å². The molecule has 3 aromatic carbocycles. The highest BCUT2D eigenvalue weighted by Gasteiger charge is 2.28. The second-order valence-corrected chi connectivity index (χ2v) is 8.65. The molecule has 8 heteroatoms. The summed E-state index contributed by atoms with van der Waals surface area (Å²) in [6.45, 7) is 5.68. The zero-order chi connectivity index (χ0) is 22.6. The summed E-state index contributed by atoms with van der Waals surface area (Å²) in [6, 6.07) is 18.8. The van der Waals surface area contributed by atoms with E-state index in [0.29, 0.717) is 11.1 Å². The van der Waals surface area contributed by atoms with Gasteiger partial charge in [0.25, 0.3) is 5.69 Å². The minimum absolute atomic E-state index is 0.00394. The molecular formula is C23H20N2O5S. The zero-order valence-corrected chi connectivity index (χ0v) is 17.5. The van der Waals surface area contributed by atoms with E-state index in [2.05, 4.69) is 11.3 Å². The second kappa shape index (κ2) is 9.03. The van der Waals surface area contributed by atoms with Crippen molar-refractivity contribution < 1.29 is 18.1 Å². The smallest absolute Gasteiger partial charge is 0.269 e. The fourth-order valence-corrected chi connectivity index (χ4v) is 4.19. The van der Waals surface area contributed by atoms with Crippen LogP contribution >= 0.6 is 0 Å². The Bertz CT molecular complexity index is 1220. The summed E-state index contributed by atoms with van der Waals surface area (Å²) in [5, 5.41) is 11.0. The number of rotatable bonds is 8. The number of nitro groups is 1. The Hall–Kier alpha value is -3.62. The van der Waals surface area contributed by atoms with E-state index in [1.54, 1.807) is 42.5 Å². The predicted molar refractivity (Wildman–Crippen MR) is 117 cm³/mol. The number of nitrogens with zero attached hydrogens (tertiary/aromatic N) is 1. The van der Waals surface area contributed by atoms with Gasteiger partial charge >= 0.3 is 0 Å². The number of Topliss-reactive ketones (excluding diaryl/α,β-unsaturated/α-hetero) is 1. The fraction of sp³-hybridized carbons (Fsp3) is 0.0870. The average molecular weight is 436 g/mol. The van der Waals surface area contributed by atoms with Crippen molar-refractivity contribution in [2.24, 2.45) is 0 Å². The van der Waals surface area contributed by atoms with Crippen LogP contribution in [-0.2, 0) is 10.0 Å². The topological polar surface area (TPSA) is 106 Å². The number of sulfonamides is 1. The molecule has 0 radical (unpaired) electrons. The first-order chi connectivity index (χ1) is 14.7. The van der Waals surface area contributed by atoms with Gasteiger partial charge in [0.1, 0.15) is 0 Å². The van der Waals surface area contributed by atoms with Crippen molar-refractivity contribution in [3.8, 4) is 0 Å². The molecule has 0 aliphatic carbocycles. The molecule has 7 nitrogen and oxygen atoms in total. The Morgan fingerprint density at radius 1 is 0.968 bits per heavy atom. The summed E-state index contributed by atoms with van der Waals surface area (Å²) < 4.78 is 28.5. The van der Waals surface area contributed by atoms with E-state index >= 15 is 0 Å². The molecule has 0 heterocycles. The van der Waals surface area contributed by atoms with Crippen molar-refractivity contribution in [1.82, 2.24) is 4.72 Å². The van der Waals surface area contributed by atoms with E-state index in [-0.39, 0.29) is 16.2 Å². The fourth-order valence-electron chi connectivity index (χ4n) is 2.98. The van der Waals surface area contributed by atoms with Gasteiger partial charge in [0.15, 0.2) is 5.78 Å². The number of ketones is 1. The van der Waals surface area contributed by atoms with Gasteiger partial charge in [0, 0.05) is 23.3 Å². The van der Waals surface area contributed by atoms with Crippen LogP contribution in [-0.4, -0.2) is 19.1 Å². The van der Waals surface area contributed by atoms with Crippen LogP contribution in [0.25, 0.3) is 0 Å². The number of non-ortho nitro benzene ring substituents is 1. The summed E-state index contributed by atoms with van der Waals surface area (Å²) in [7, 11) is -4.01. The Morgan fingerprint density at radius 3 is 2.10 bits per heavy atom. The first-order valence-electron chi connectivity index (χ1n) is 9.31. The van der Waals surface area contributed by atoms with Gasteiger partial charge < -0.3 is 0 Å². The van der Waals surface area contributed by atoms with Crippen LogP contribution in [0.1, 0.15) is 27.5 Å². The van der Waals surface area contributed by atoms with E-state index < -0.39 is 26.8 Å². The highest BCUT2D eigenvalue weighted by Crippen LogP contribution is 2.28. The van der Waals surface area contributed by atoms with Crippen LogP contribution in [0.4, 0.5) is 5.69 Å². The number of aryl methyl sites for hydroxylation is 1. The number of hydrogen-bond donors (Lipinski definition) is 1. The summed E-state index contributed by atoms with van der Waals surface area (Å²) in [5.74, 6) is -0.435. The minimum atomic E-state index is -4.01. The first kappa shape index (κ1) is 22.1. The van der Waals surface area contributed by atoms with Crippen molar-refractivity contribution in [2.45, 2.75) is 17.9 Å². The molecule has 158 valence electrons. The SMILES string of the molecule is C=C(C(=O)c1ccccc1)[C@H](NS(=O)(=O)c1ccc(C)cc1)c1ccc([N+](=O)[O-])cc1. The zero-order valence-electron chi connectivity index (χ0n) is 16.7. The molecule has 0 fully saturated rings. The molecule has 1 N–H and O–H groups in total. The monoisotopic (exact) mass is 436 g/mol. The van der Waals surface area contributed by atoms with Crippen LogP contribution in [0.5, 0.6) is 0 Å². The number of nitrogens with one attached hydrogen (secondary N) is 1. The molecule has 3 rings (SSSR count). The van der Waals surface area contributed by atoms with E-state index in [1.165, 1.54) is 36.4 Å². The number of carbonyl (C=O) groups excluding carboxylic acids is 1. The Labute approximate surface area is 180 Å². The summed E-state index contributed by atoms with van der Waals surface area (Å²) >= 11 is 0. The molecule has 0 aliphatic heterocycles. The van der Waals surface area contributed by atoms with Crippen molar-refractivity contribution in [3.63, 3.8) is 0 Å². The van der Waals surface area contributed by atoms with E-state index in [9.17, 15) is 23.3 Å². The summed E-state index contributed by atoms with van der Waals surface area (Å²) in [4.78, 5) is 23.4. The highest BCUT2D eigenvalue weighted by atomic mass is 32.2. The number of benzene rings is 3. The summed E-state index contributed by atoms with van der Waals surface area (Å²) in [5.41, 5.74) is 1.46. The Morgan fingerprint density at radius 2 is 1.55 bits per heavy atom. The van der Waals surface area contributed by atoms with E-state index in [1.807, 2.05) is 6.92 Å². The molecule has 0 spiro atoms. The second-order valence-electron chi connectivity index (χ2n) is 6.94. The standard InChI is InChI=1S/C23H20N2O5S/c1-16-8-14-21(15-9-16)31(29,30)24-22(18-10-12-20(13-11-18)25(27)28)17(2)23(26)19-6-4-3-5-7-19/h3-15,22,24H,2H2,1H3/t22-/m0/s1. The third-order valence-corrected chi connectivity index (χ3v) is 6.16. The number of hydrogen-bond acceptors (Lipinski definition) is 5. The van der Waals surface area contributed by atoms with Crippen molar-refractivity contribution in [2.75, 3.05) is 0 Å². The van der Waals surface area contributed by atoms with Crippen molar-refractivity contribution in [1.29, 1.82) is 0 Å². The van der Waals surface area contributed by atoms with Gasteiger partial charge in [-0.3, -0.25) is 14.9 Å². The normalized spacial score (nSPS) is 12.2. The van der Waals surface area contributed by atoms with Gasteiger partial charge in [-0.2, -0.15) is 4.72 Å². The van der Waals surface area contributed by atoms with Crippen LogP contribution in [0.2, 0.25) is 0 Å². The molecule has 3 aromatic rings. The van der Waals surface area contributed by atoms with Gasteiger partial charge in [0.2, 0.25) is 10.0 Å². The average Bonchev–Trinajstić information content (AvgIpc) is 2.77. The van der Waals surface area contributed by atoms with Crippen molar-refractivity contribution in [3.05, 3.63) is 118 Å². The minimum Gasteiger partial charge on any atom is -0.289 e. The maximum absolute atomic E-state index is 13.0.